The second kappa shape index (κ2) is 7.49. The lowest BCUT2D eigenvalue weighted by Crippen LogP contribution is -2.45. The first-order valence-electron chi connectivity index (χ1n) is 8.07. The van der Waals surface area contributed by atoms with Crippen molar-refractivity contribution < 1.29 is 22.4 Å². The smallest absolute Gasteiger partial charge is 0.288 e. The maximum absolute atomic E-state index is 13.8. The summed E-state index contributed by atoms with van der Waals surface area (Å²) in [6, 6.07) is 2.53. The third kappa shape index (κ3) is 3.81. The predicted molar refractivity (Wildman–Crippen MR) is 91.0 cm³/mol. The standard InChI is InChI=1S/C15H12F4N8O3/c1-25-13(21-23-24-25)20-11(28)10-12(29)27(14(30)26(2)22-10)6-7-4-3-5-8(16)9(7)15(17,18)19/h3-5H,6H2,1-2H3,(H,20,21,24,28). The van der Waals surface area contributed by atoms with Crippen molar-refractivity contribution in [2.24, 2.45) is 14.1 Å². The number of aromatic nitrogens is 7. The van der Waals surface area contributed by atoms with Gasteiger partial charge in [0.05, 0.1) is 12.1 Å². The van der Waals surface area contributed by atoms with Crippen LogP contribution in [-0.4, -0.2) is 40.5 Å². The molecule has 0 aliphatic heterocycles. The Kier molecular flexibility index (Phi) is 5.20. The number of nitrogens with one attached hydrogen (secondary N) is 1. The minimum atomic E-state index is -5.07. The Labute approximate surface area is 163 Å². The molecule has 0 saturated carbocycles. The molecule has 0 saturated heterocycles. The zero-order valence-corrected chi connectivity index (χ0v) is 15.3. The summed E-state index contributed by atoms with van der Waals surface area (Å²) in [6.07, 6.45) is -5.07. The van der Waals surface area contributed by atoms with Crippen LogP contribution in [0.1, 0.15) is 21.6 Å². The van der Waals surface area contributed by atoms with Gasteiger partial charge in [-0.05, 0) is 22.1 Å². The van der Waals surface area contributed by atoms with E-state index in [9.17, 15) is 31.9 Å². The zero-order valence-electron chi connectivity index (χ0n) is 15.3. The van der Waals surface area contributed by atoms with Crippen LogP contribution < -0.4 is 16.6 Å². The first kappa shape index (κ1) is 20.8. The van der Waals surface area contributed by atoms with E-state index in [-0.39, 0.29) is 5.95 Å². The largest absolute Gasteiger partial charge is 0.419 e. The van der Waals surface area contributed by atoms with Gasteiger partial charge in [0.1, 0.15) is 5.82 Å². The first-order chi connectivity index (χ1) is 14.0. The van der Waals surface area contributed by atoms with Crippen molar-refractivity contribution in [3.8, 4) is 0 Å². The number of benzene rings is 1. The molecule has 0 unspecified atom stereocenters. The average Bonchev–Trinajstić information content (AvgIpc) is 3.05. The number of alkyl halides is 3. The summed E-state index contributed by atoms with van der Waals surface area (Å²) >= 11 is 0. The van der Waals surface area contributed by atoms with Gasteiger partial charge in [0, 0.05) is 14.1 Å². The molecule has 11 nitrogen and oxygen atoms in total. The van der Waals surface area contributed by atoms with Gasteiger partial charge in [0.25, 0.3) is 11.5 Å². The van der Waals surface area contributed by atoms with Crippen LogP contribution >= 0.6 is 0 Å². The second-order valence-corrected chi connectivity index (χ2v) is 6.00. The van der Waals surface area contributed by atoms with Gasteiger partial charge in [-0.25, -0.2) is 18.5 Å². The highest BCUT2D eigenvalue weighted by atomic mass is 19.4. The molecule has 1 amide bonds. The Balaban J connectivity index is 2.09. The molecule has 0 fully saturated rings. The number of nitrogens with zero attached hydrogens (tertiary/aromatic N) is 7. The zero-order chi connectivity index (χ0) is 22.2. The molecule has 3 rings (SSSR count). The number of halogens is 4. The van der Waals surface area contributed by atoms with E-state index in [2.05, 4.69) is 25.9 Å². The number of hydrogen-bond donors (Lipinski definition) is 1. The van der Waals surface area contributed by atoms with Gasteiger partial charge >= 0.3 is 11.9 Å². The van der Waals surface area contributed by atoms with Gasteiger partial charge in [-0.15, -0.1) is 0 Å². The minimum absolute atomic E-state index is 0.147. The lowest BCUT2D eigenvalue weighted by atomic mass is 10.1. The Hall–Kier alpha value is -3.91. The van der Waals surface area contributed by atoms with E-state index in [0.717, 1.165) is 23.9 Å². The van der Waals surface area contributed by atoms with Crippen LogP contribution in [0.15, 0.2) is 27.8 Å². The fourth-order valence-corrected chi connectivity index (χ4v) is 2.59. The molecule has 0 aliphatic rings. The van der Waals surface area contributed by atoms with Crippen LogP contribution in [0.25, 0.3) is 0 Å². The number of tetrazole rings is 1. The quantitative estimate of drug-likeness (QED) is 0.576. The summed E-state index contributed by atoms with van der Waals surface area (Å²) in [7, 11) is 2.49. The van der Waals surface area contributed by atoms with Crippen molar-refractivity contribution >= 4 is 11.9 Å². The topological polar surface area (TPSA) is 130 Å². The Morgan fingerprint density at radius 2 is 1.87 bits per heavy atom. The molecule has 158 valence electrons. The molecule has 0 spiro atoms. The number of amides is 1. The summed E-state index contributed by atoms with van der Waals surface area (Å²) in [5.74, 6) is -2.81. The van der Waals surface area contributed by atoms with Gasteiger partial charge in [0.15, 0.2) is 0 Å². The summed E-state index contributed by atoms with van der Waals surface area (Å²) < 4.78 is 55.5. The van der Waals surface area contributed by atoms with E-state index in [1.165, 1.54) is 7.05 Å². The number of carbonyl (C=O) groups is 1. The van der Waals surface area contributed by atoms with Crippen molar-refractivity contribution in [2.75, 3.05) is 5.32 Å². The van der Waals surface area contributed by atoms with Gasteiger partial charge < -0.3 is 0 Å². The van der Waals surface area contributed by atoms with E-state index < -0.39 is 52.5 Å². The molecule has 2 heterocycles. The molecule has 1 aromatic carbocycles. The summed E-state index contributed by atoms with van der Waals surface area (Å²) in [5.41, 5.74) is -5.47. The van der Waals surface area contributed by atoms with Crippen molar-refractivity contribution in [1.82, 2.24) is 34.6 Å². The molecule has 0 aliphatic carbocycles. The summed E-state index contributed by atoms with van der Waals surface area (Å²) in [4.78, 5) is 37.3. The number of anilines is 1. The third-order valence-corrected chi connectivity index (χ3v) is 3.98. The lowest BCUT2D eigenvalue weighted by Gasteiger charge is -2.15. The molecule has 3 aromatic rings. The SMILES string of the molecule is Cn1nnnc1NC(=O)c1nn(C)c(=O)n(Cc2cccc(F)c2C(F)(F)F)c1=O. The highest BCUT2D eigenvalue weighted by molar-refractivity contribution is 6.01. The molecular formula is C15H12F4N8O3. The number of carbonyl (C=O) groups excluding carboxylic acids is 1. The maximum atomic E-state index is 13.8. The Morgan fingerprint density at radius 1 is 1.17 bits per heavy atom. The van der Waals surface area contributed by atoms with Gasteiger partial charge in [0.2, 0.25) is 11.6 Å². The van der Waals surface area contributed by atoms with Gasteiger partial charge in [-0.1, -0.05) is 17.2 Å². The molecule has 0 radical (unpaired) electrons. The minimum Gasteiger partial charge on any atom is -0.288 e. The van der Waals surface area contributed by atoms with Crippen LogP contribution in [0.4, 0.5) is 23.5 Å². The molecule has 0 atom stereocenters. The molecular weight excluding hydrogens is 416 g/mol. The third-order valence-electron chi connectivity index (χ3n) is 3.98. The van der Waals surface area contributed by atoms with E-state index in [0.29, 0.717) is 15.3 Å². The second-order valence-electron chi connectivity index (χ2n) is 6.00. The molecule has 2 aromatic heterocycles. The fourth-order valence-electron chi connectivity index (χ4n) is 2.59. The van der Waals surface area contributed by atoms with Gasteiger partial charge in [-0.3, -0.25) is 19.5 Å². The first-order valence-corrected chi connectivity index (χ1v) is 8.07. The van der Waals surface area contributed by atoms with E-state index in [1.807, 2.05) is 0 Å². The number of hydrogen-bond acceptors (Lipinski definition) is 7. The van der Waals surface area contributed by atoms with E-state index in [1.54, 1.807) is 0 Å². The molecule has 1 N–H and O–H groups in total. The number of rotatable bonds is 4. The maximum Gasteiger partial charge on any atom is 0.419 e. The van der Waals surface area contributed by atoms with E-state index in [4.69, 9.17) is 0 Å². The van der Waals surface area contributed by atoms with E-state index >= 15 is 0 Å². The van der Waals surface area contributed by atoms with Crippen LogP contribution in [0, 0.1) is 5.82 Å². The summed E-state index contributed by atoms with van der Waals surface area (Å²) in [6.45, 7) is -0.938. The highest BCUT2D eigenvalue weighted by Crippen LogP contribution is 2.34. The van der Waals surface area contributed by atoms with Crippen molar-refractivity contribution in [3.05, 3.63) is 61.7 Å². The van der Waals surface area contributed by atoms with Gasteiger partial charge in [-0.2, -0.15) is 18.3 Å². The molecule has 15 heteroatoms. The highest BCUT2D eigenvalue weighted by Gasteiger charge is 2.37. The van der Waals surface area contributed by atoms with Crippen molar-refractivity contribution in [3.63, 3.8) is 0 Å². The predicted octanol–water partition coefficient (Wildman–Crippen LogP) is -0.0760. The molecule has 30 heavy (non-hydrogen) atoms. The van der Waals surface area contributed by atoms with Crippen molar-refractivity contribution in [2.45, 2.75) is 12.7 Å². The average molecular weight is 428 g/mol. The van der Waals surface area contributed by atoms with Crippen molar-refractivity contribution in [1.29, 1.82) is 0 Å². The molecule has 0 bridgehead atoms. The van der Waals surface area contributed by atoms with Crippen LogP contribution in [-0.2, 0) is 26.8 Å². The Bertz CT molecular complexity index is 1240. The number of aryl methyl sites for hydroxylation is 2. The van der Waals surface area contributed by atoms with Crippen LogP contribution in [0.2, 0.25) is 0 Å². The Morgan fingerprint density at radius 3 is 2.47 bits per heavy atom. The summed E-state index contributed by atoms with van der Waals surface area (Å²) in [5, 5.41) is 16.0. The monoisotopic (exact) mass is 428 g/mol. The van der Waals surface area contributed by atoms with Crippen LogP contribution in [0.5, 0.6) is 0 Å². The lowest BCUT2D eigenvalue weighted by molar-refractivity contribution is -0.140. The normalized spacial score (nSPS) is 11.5. The van der Waals surface area contributed by atoms with Crippen LogP contribution in [0.3, 0.4) is 0 Å². The fraction of sp³-hybridized carbons (Fsp3) is 0.267.